The van der Waals surface area contributed by atoms with Crippen molar-refractivity contribution in [3.8, 4) is 0 Å². The zero-order valence-corrected chi connectivity index (χ0v) is 10.9. The molecule has 0 unspecified atom stereocenters. The van der Waals surface area contributed by atoms with Gasteiger partial charge in [-0.25, -0.2) is 0 Å². The van der Waals surface area contributed by atoms with Gasteiger partial charge in [-0.1, -0.05) is 19.1 Å². The predicted octanol–water partition coefficient (Wildman–Crippen LogP) is 0.920. The molecule has 0 saturated carbocycles. The summed E-state index contributed by atoms with van der Waals surface area (Å²) in [6.07, 6.45) is 2.52. The zero-order chi connectivity index (χ0) is 12.7. The topological polar surface area (TPSA) is 62.4 Å². The standard InChI is InChI=1S/C12H19N3OS/c1-2-15(6-3-7-16)9-10-4-5-14-11(8-10)12(13)17/h4-5,8,16H,2-3,6-7,9H2,1H3,(H2,13,17). The molecule has 4 nitrogen and oxygen atoms in total. The molecule has 0 aromatic carbocycles. The van der Waals surface area contributed by atoms with Crippen molar-refractivity contribution in [3.63, 3.8) is 0 Å². The Labute approximate surface area is 107 Å². The molecular formula is C12H19N3OS. The minimum atomic E-state index is 0.227. The Hall–Kier alpha value is -1.04. The minimum absolute atomic E-state index is 0.227. The smallest absolute Gasteiger partial charge is 0.122 e. The fraction of sp³-hybridized carbons (Fsp3) is 0.500. The van der Waals surface area contributed by atoms with Gasteiger partial charge in [-0.3, -0.25) is 9.88 Å². The van der Waals surface area contributed by atoms with Gasteiger partial charge in [0.15, 0.2) is 0 Å². The highest BCUT2D eigenvalue weighted by Gasteiger charge is 2.05. The number of rotatable bonds is 7. The number of thiocarbonyl (C=S) groups is 1. The molecule has 0 radical (unpaired) electrons. The number of nitrogens with zero attached hydrogens (tertiary/aromatic N) is 2. The molecule has 0 aliphatic carbocycles. The lowest BCUT2D eigenvalue weighted by Gasteiger charge is -2.20. The summed E-state index contributed by atoms with van der Waals surface area (Å²) in [7, 11) is 0. The first-order valence-electron chi connectivity index (χ1n) is 5.75. The van der Waals surface area contributed by atoms with Crippen LogP contribution in [0.25, 0.3) is 0 Å². The number of nitrogens with two attached hydrogens (primary N) is 1. The van der Waals surface area contributed by atoms with Gasteiger partial charge in [-0.05, 0) is 30.7 Å². The Balaban J connectivity index is 2.65. The van der Waals surface area contributed by atoms with Crippen LogP contribution in [-0.2, 0) is 6.54 Å². The van der Waals surface area contributed by atoms with Crippen molar-refractivity contribution in [3.05, 3.63) is 29.6 Å². The van der Waals surface area contributed by atoms with Crippen LogP contribution in [0.15, 0.2) is 18.3 Å². The molecular weight excluding hydrogens is 234 g/mol. The number of hydrogen-bond acceptors (Lipinski definition) is 4. The lowest BCUT2D eigenvalue weighted by Crippen LogP contribution is -2.25. The summed E-state index contributed by atoms with van der Waals surface area (Å²) in [6, 6.07) is 3.88. The monoisotopic (exact) mass is 253 g/mol. The Morgan fingerprint density at radius 1 is 1.59 bits per heavy atom. The molecule has 5 heteroatoms. The van der Waals surface area contributed by atoms with Crippen LogP contribution in [0.3, 0.4) is 0 Å². The molecule has 0 aliphatic rings. The van der Waals surface area contributed by atoms with Gasteiger partial charge in [0, 0.05) is 25.9 Å². The van der Waals surface area contributed by atoms with Crippen LogP contribution >= 0.6 is 12.2 Å². The SMILES string of the molecule is CCN(CCCO)Cc1ccnc(C(N)=S)c1. The largest absolute Gasteiger partial charge is 0.396 e. The maximum atomic E-state index is 8.82. The van der Waals surface area contributed by atoms with Crippen molar-refractivity contribution >= 4 is 17.2 Å². The van der Waals surface area contributed by atoms with E-state index in [1.807, 2.05) is 12.1 Å². The van der Waals surface area contributed by atoms with Crippen molar-refractivity contribution < 1.29 is 5.11 Å². The average molecular weight is 253 g/mol. The number of hydrogen-bond donors (Lipinski definition) is 2. The minimum Gasteiger partial charge on any atom is -0.396 e. The first-order valence-corrected chi connectivity index (χ1v) is 6.16. The number of aromatic nitrogens is 1. The quantitative estimate of drug-likeness (QED) is 0.708. The highest BCUT2D eigenvalue weighted by Crippen LogP contribution is 2.06. The van der Waals surface area contributed by atoms with E-state index in [0.29, 0.717) is 10.7 Å². The van der Waals surface area contributed by atoms with Gasteiger partial charge in [-0.2, -0.15) is 0 Å². The van der Waals surface area contributed by atoms with Crippen LogP contribution in [-0.4, -0.2) is 39.7 Å². The molecule has 0 saturated heterocycles. The fourth-order valence-electron chi connectivity index (χ4n) is 1.61. The van der Waals surface area contributed by atoms with Crippen LogP contribution in [0.5, 0.6) is 0 Å². The normalized spacial score (nSPS) is 10.8. The van der Waals surface area contributed by atoms with Gasteiger partial charge < -0.3 is 10.8 Å². The molecule has 3 N–H and O–H groups in total. The van der Waals surface area contributed by atoms with E-state index < -0.39 is 0 Å². The fourth-order valence-corrected chi connectivity index (χ4v) is 1.72. The maximum Gasteiger partial charge on any atom is 0.122 e. The maximum absolute atomic E-state index is 8.82. The van der Waals surface area contributed by atoms with Crippen LogP contribution < -0.4 is 5.73 Å². The van der Waals surface area contributed by atoms with E-state index in [0.717, 1.165) is 31.6 Å². The van der Waals surface area contributed by atoms with Gasteiger partial charge in [0.05, 0.1) is 5.69 Å². The summed E-state index contributed by atoms with van der Waals surface area (Å²) in [4.78, 5) is 6.69. The van der Waals surface area contributed by atoms with E-state index in [1.165, 1.54) is 0 Å². The number of aliphatic hydroxyl groups excluding tert-OH is 1. The van der Waals surface area contributed by atoms with Crippen molar-refractivity contribution in [2.24, 2.45) is 5.73 Å². The molecule has 1 rings (SSSR count). The van der Waals surface area contributed by atoms with Gasteiger partial charge in [0.1, 0.15) is 4.99 Å². The third-order valence-electron chi connectivity index (χ3n) is 2.56. The van der Waals surface area contributed by atoms with Crippen molar-refractivity contribution in [2.75, 3.05) is 19.7 Å². The van der Waals surface area contributed by atoms with E-state index in [9.17, 15) is 0 Å². The lowest BCUT2D eigenvalue weighted by molar-refractivity contribution is 0.225. The second kappa shape index (κ2) is 7.32. The van der Waals surface area contributed by atoms with E-state index in [1.54, 1.807) is 6.20 Å². The van der Waals surface area contributed by atoms with Crippen LogP contribution in [0.4, 0.5) is 0 Å². The van der Waals surface area contributed by atoms with E-state index in [-0.39, 0.29) is 6.61 Å². The zero-order valence-electron chi connectivity index (χ0n) is 10.1. The second-order valence-corrected chi connectivity index (χ2v) is 4.30. The van der Waals surface area contributed by atoms with Crippen molar-refractivity contribution in [2.45, 2.75) is 19.9 Å². The number of pyridine rings is 1. The van der Waals surface area contributed by atoms with Crippen LogP contribution in [0.1, 0.15) is 24.6 Å². The summed E-state index contributed by atoms with van der Waals surface area (Å²) in [5, 5.41) is 8.82. The Bertz CT molecular complexity index is 371. The molecule has 1 aromatic heterocycles. The molecule has 0 amide bonds. The highest BCUT2D eigenvalue weighted by molar-refractivity contribution is 7.80. The molecule has 0 fully saturated rings. The van der Waals surface area contributed by atoms with Crippen LogP contribution in [0, 0.1) is 0 Å². The molecule has 0 aliphatic heterocycles. The Kier molecular flexibility index (Phi) is 6.04. The summed E-state index contributed by atoms with van der Waals surface area (Å²) in [5.74, 6) is 0. The first-order chi connectivity index (χ1) is 8.17. The number of aliphatic hydroxyl groups is 1. The Morgan fingerprint density at radius 2 is 2.35 bits per heavy atom. The summed E-state index contributed by atoms with van der Waals surface area (Å²) < 4.78 is 0. The first kappa shape index (κ1) is 14.0. The second-order valence-electron chi connectivity index (χ2n) is 3.86. The van der Waals surface area contributed by atoms with Gasteiger partial charge in [0.25, 0.3) is 0 Å². The van der Waals surface area contributed by atoms with E-state index >= 15 is 0 Å². The summed E-state index contributed by atoms with van der Waals surface area (Å²) in [5.41, 5.74) is 7.35. The van der Waals surface area contributed by atoms with Gasteiger partial charge >= 0.3 is 0 Å². The van der Waals surface area contributed by atoms with Crippen molar-refractivity contribution in [1.29, 1.82) is 0 Å². The van der Waals surface area contributed by atoms with Crippen molar-refractivity contribution in [1.82, 2.24) is 9.88 Å². The molecule has 1 aromatic rings. The Morgan fingerprint density at radius 3 is 2.94 bits per heavy atom. The molecule has 0 bridgehead atoms. The van der Waals surface area contributed by atoms with Gasteiger partial charge in [-0.15, -0.1) is 0 Å². The molecule has 0 spiro atoms. The molecule has 1 heterocycles. The molecule has 17 heavy (non-hydrogen) atoms. The average Bonchev–Trinajstić information content (AvgIpc) is 2.34. The summed E-state index contributed by atoms with van der Waals surface area (Å²) in [6.45, 7) is 5.00. The van der Waals surface area contributed by atoms with Crippen LogP contribution in [0.2, 0.25) is 0 Å². The summed E-state index contributed by atoms with van der Waals surface area (Å²) >= 11 is 4.90. The third kappa shape index (κ3) is 4.77. The molecule has 94 valence electrons. The predicted molar refractivity (Wildman–Crippen MR) is 72.8 cm³/mol. The lowest BCUT2D eigenvalue weighted by atomic mass is 10.2. The molecule has 0 atom stereocenters. The van der Waals surface area contributed by atoms with Gasteiger partial charge in [0.2, 0.25) is 0 Å². The van der Waals surface area contributed by atoms with E-state index in [4.69, 9.17) is 23.1 Å². The highest BCUT2D eigenvalue weighted by atomic mass is 32.1. The van der Waals surface area contributed by atoms with E-state index in [2.05, 4.69) is 16.8 Å². The third-order valence-corrected chi connectivity index (χ3v) is 2.77.